The normalized spacial score (nSPS) is 16.4. The standard InChI is InChI=1S/C10H13ClN2O4S2/c1-10(2,8(14)15)6-7(11)18-9(12-6)13-19(16,17)5-3-4-5/h5H,3-4H2,1-2H3,(H,12,13)(H,14,15). The number of halogens is 1. The molecule has 1 fully saturated rings. The molecule has 0 unspecified atom stereocenters. The third-order valence-electron chi connectivity index (χ3n) is 2.91. The van der Waals surface area contributed by atoms with E-state index in [2.05, 4.69) is 9.71 Å². The first-order valence-corrected chi connectivity index (χ1v) is 8.30. The Labute approximate surface area is 119 Å². The number of thiazole rings is 1. The molecule has 0 radical (unpaired) electrons. The molecule has 2 N–H and O–H groups in total. The molecule has 0 aliphatic heterocycles. The molecule has 106 valence electrons. The van der Waals surface area contributed by atoms with Crippen LogP contribution >= 0.6 is 22.9 Å². The Bertz CT molecular complexity index is 619. The van der Waals surface area contributed by atoms with E-state index in [4.69, 9.17) is 16.7 Å². The van der Waals surface area contributed by atoms with E-state index in [9.17, 15) is 13.2 Å². The van der Waals surface area contributed by atoms with Crippen molar-refractivity contribution in [2.45, 2.75) is 37.4 Å². The Hall–Kier alpha value is -0.860. The molecule has 1 aromatic heterocycles. The molecule has 6 nitrogen and oxygen atoms in total. The van der Waals surface area contributed by atoms with Crippen LogP contribution in [0.4, 0.5) is 5.13 Å². The van der Waals surface area contributed by atoms with Crippen molar-refractivity contribution < 1.29 is 18.3 Å². The van der Waals surface area contributed by atoms with E-state index < -0.39 is 21.4 Å². The fourth-order valence-electron chi connectivity index (χ4n) is 1.42. The van der Waals surface area contributed by atoms with Gasteiger partial charge in [0.2, 0.25) is 10.0 Å². The molecule has 1 heterocycles. The lowest BCUT2D eigenvalue weighted by molar-refractivity contribution is -0.142. The first-order valence-electron chi connectivity index (χ1n) is 5.56. The number of aromatic nitrogens is 1. The van der Waals surface area contributed by atoms with Crippen LogP contribution in [-0.4, -0.2) is 29.7 Å². The van der Waals surface area contributed by atoms with Gasteiger partial charge in [-0.15, -0.1) is 0 Å². The molecule has 1 aliphatic carbocycles. The van der Waals surface area contributed by atoms with Gasteiger partial charge in [0.25, 0.3) is 0 Å². The van der Waals surface area contributed by atoms with Crippen LogP contribution in [0.15, 0.2) is 0 Å². The Balaban J connectivity index is 2.29. The fraction of sp³-hybridized carbons (Fsp3) is 0.600. The second-order valence-corrected chi connectivity index (χ2v) is 8.48. The maximum Gasteiger partial charge on any atom is 0.315 e. The summed E-state index contributed by atoms with van der Waals surface area (Å²) >= 11 is 6.89. The highest BCUT2D eigenvalue weighted by Crippen LogP contribution is 2.38. The van der Waals surface area contributed by atoms with Gasteiger partial charge in [0.1, 0.15) is 9.75 Å². The predicted octanol–water partition coefficient (Wildman–Crippen LogP) is 2.06. The van der Waals surface area contributed by atoms with Gasteiger partial charge in [-0.1, -0.05) is 22.9 Å². The average Bonchev–Trinajstić information content (AvgIpc) is 3.04. The monoisotopic (exact) mass is 324 g/mol. The van der Waals surface area contributed by atoms with Crippen LogP contribution in [0.1, 0.15) is 32.4 Å². The molecule has 1 aromatic rings. The van der Waals surface area contributed by atoms with Crippen LogP contribution in [0.2, 0.25) is 4.34 Å². The Morgan fingerprint density at radius 2 is 2.11 bits per heavy atom. The molecule has 0 atom stereocenters. The predicted molar refractivity (Wildman–Crippen MR) is 73.4 cm³/mol. The summed E-state index contributed by atoms with van der Waals surface area (Å²) < 4.78 is 26.1. The van der Waals surface area contributed by atoms with Crippen LogP contribution < -0.4 is 4.72 Å². The van der Waals surface area contributed by atoms with E-state index in [-0.39, 0.29) is 20.4 Å². The van der Waals surface area contributed by atoms with Crippen LogP contribution in [-0.2, 0) is 20.2 Å². The van der Waals surface area contributed by atoms with Crippen molar-refractivity contribution in [2.75, 3.05) is 4.72 Å². The Morgan fingerprint density at radius 1 is 1.53 bits per heavy atom. The number of nitrogens with zero attached hydrogens (tertiary/aromatic N) is 1. The first-order chi connectivity index (χ1) is 8.64. The van der Waals surface area contributed by atoms with E-state index in [0.717, 1.165) is 11.3 Å². The minimum absolute atomic E-state index is 0.112. The first kappa shape index (κ1) is 14.5. The van der Waals surface area contributed by atoms with E-state index in [1.54, 1.807) is 0 Å². The highest BCUT2D eigenvalue weighted by Gasteiger charge is 2.38. The zero-order chi connectivity index (χ0) is 14.4. The molecule has 0 spiro atoms. The SMILES string of the molecule is CC(C)(C(=O)O)c1nc(NS(=O)(=O)C2CC2)sc1Cl. The highest BCUT2D eigenvalue weighted by atomic mass is 35.5. The second kappa shape index (κ2) is 4.60. The minimum Gasteiger partial charge on any atom is -0.481 e. The van der Waals surface area contributed by atoms with Crippen molar-refractivity contribution in [1.29, 1.82) is 0 Å². The molecular weight excluding hydrogens is 312 g/mol. The lowest BCUT2D eigenvalue weighted by Gasteiger charge is -2.16. The van der Waals surface area contributed by atoms with Crippen molar-refractivity contribution in [3.05, 3.63) is 10.0 Å². The summed E-state index contributed by atoms with van der Waals surface area (Å²) in [5.41, 5.74) is -1.10. The van der Waals surface area contributed by atoms with Crippen LogP contribution in [0.5, 0.6) is 0 Å². The molecular formula is C10H13ClN2O4S2. The lowest BCUT2D eigenvalue weighted by Crippen LogP contribution is -2.29. The van der Waals surface area contributed by atoms with Gasteiger partial charge in [-0.05, 0) is 26.7 Å². The topological polar surface area (TPSA) is 96.4 Å². The summed E-state index contributed by atoms with van der Waals surface area (Å²) in [6.07, 6.45) is 1.28. The van der Waals surface area contributed by atoms with Gasteiger partial charge in [0.05, 0.1) is 10.9 Å². The number of hydrogen-bond acceptors (Lipinski definition) is 5. The summed E-state index contributed by atoms with van der Waals surface area (Å²) in [6, 6.07) is 0. The highest BCUT2D eigenvalue weighted by molar-refractivity contribution is 7.93. The maximum atomic E-state index is 11.8. The average molecular weight is 325 g/mol. The number of aliphatic carboxylic acids is 1. The van der Waals surface area contributed by atoms with Crippen LogP contribution in [0, 0.1) is 0 Å². The van der Waals surface area contributed by atoms with Gasteiger partial charge >= 0.3 is 5.97 Å². The number of carboxylic acids is 1. The Kier molecular flexibility index (Phi) is 3.53. The number of carbonyl (C=O) groups is 1. The van der Waals surface area contributed by atoms with Crippen LogP contribution in [0.25, 0.3) is 0 Å². The van der Waals surface area contributed by atoms with E-state index in [1.807, 2.05) is 0 Å². The van der Waals surface area contributed by atoms with E-state index in [0.29, 0.717) is 12.8 Å². The third kappa shape index (κ3) is 2.85. The van der Waals surface area contributed by atoms with Crippen molar-refractivity contribution in [2.24, 2.45) is 0 Å². The van der Waals surface area contributed by atoms with Gasteiger partial charge < -0.3 is 5.11 Å². The van der Waals surface area contributed by atoms with E-state index >= 15 is 0 Å². The molecule has 19 heavy (non-hydrogen) atoms. The molecule has 1 saturated carbocycles. The molecule has 0 saturated heterocycles. The smallest absolute Gasteiger partial charge is 0.315 e. The number of sulfonamides is 1. The zero-order valence-corrected chi connectivity index (χ0v) is 12.7. The number of hydrogen-bond donors (Lipinski definition) is 2. The second-order valence-electron chi connectivity index (χ2n) is 4.92. The molecule has 0 amide bonds. The van der Waals surface area contributed by atoms with Crippen molar-refractivity contribution in [1.82, 2.24) is 4.98 Å². The molecule has 1 aliphatic rings. The van der Waals surface area contributed by atoms with Gasteiger partial charge in [0.15, 0.2) is 5.13 Å². The van der Waals surface area contributed by atoms with Crippen LogP contribution in [0.3, 0.4) is 0 Å². The lowest BCUT2D eigenvalue weighted by atomic mass is 9.90. The molecule has 0 aromatic carbocycles. The zero-order valence-electron chi connectivity index (χ0n) is 10.3. The summed E-state index contributed by atoms with van der Waals surface area (Å²) in [5, 5.41) is 8.87. The van der Waals surface area contributed by atoms with Crippen molar-refractivity contribution >= 4 is 44.1 Å². The summed E-state index contributed by atoms with van der Waals surface area (Å²) in [5.74, 6) is -1.07. The van der Waals surface area contributed by atoms with Crippen molar-refractivity contribution in [3.8, 4) is 0 Å². The molecule has 0 bridgehead atoms. The Morgan fingerprint density at radius 3 is 2.58 bits per heavy atom. The summed E-state index contributed by atoms with van der Waals surface area (Å²) in [7, 11) is -3.42. The van der Waals surface area contributed by atoms with E-state index in [1.165, 1.54) is 13.8 Å². The number of nitrogens with one attached hydrogen (secondary N) is 1. The molecule has 9 heteroatoms. The third-order valence-corrected chi connectivity index (χ3v) is 6.03. The van der Waals surface area contributed by atoms with Gasteiger partial charge in [0, 0.05) is 0 Å². The van der Waals surface area contributed by atoms with Gasteiger partial charge in [-0.3, -0.25) is 9.52 Å². The maximum absolute atomic E-state index is 11.8. The number of carboxylic acid groups (broad SMARTS) is 1. The largest absolute Gasteiger partial charge is 0.481 e. The molecule has 2 rings (SSSR count). The summed E-state index contributed by atoms with van der Waals surface area (Å²) in [6.45, 7) is 2.94. The summed E-state index contributed by atoms with van der Waals surface area (Å²) in [4.78, 5) is 15.2. The minimum atomic E-state index is -3.42. The number of rotatable bonds is 5. The van der Waals surface area contributed by atoms with Crippen molar-refractivity contribution in [3.63, 3.8) is 0 Å². The fourth-order valence-corrected chi connectivity index (χ4v) is 4.34. The van der Waals surface area contributed by atoms with Gasteiger partial charge in [-0.25, -0.2) is 13.4 Å². The van der Waals surface area contributed by atoms with Gasteiger partial charge in [-0.2, -0.15) is 0 Å². The quantitative estimate of drug-likeness (QED) is 0.864. The number of anilines is 1.